The number of ether oxygens (including phenoxy) is 2. The normalized spacial score (nSPS) is 10.4. The van der Waals surface area contributed by atoms with Gasteiger partial charge >= 0.3 is 0 Å². The molecule has 0 aliphatic heterocycles. The molecule has 0 amide bonds. The summed E-state index contributed by atoms with van der Waals surface area (Å²) in [5.74, 6) is 1.42. The summed E-state index contributed by atoms with van der Waals surface area (Å²) in [6, 6.07) is 3.86. The Morgan fingerprint density at radius 1 is 1.12 bits per heavy atom. The Bertz CT molecular complexity index is 356. The summed E-state index contributed by atoms with van der Waals surface area (Å²) in [7, 11) is 0. The molecule has 0 bridgehead atoms. The van der Waals surface area contributed by atoms with E-state index in [4.69, 9.17) is 21.1 Å². The van der Waals surface area contributed by atoms with Crippen molar-refractivity contribution in [3.8, 4) is 11.5 Å². The van der Waals surface area contributed by atoms with Crippen LogP contribution in [-0.2, 0) is 0 Å². The fourth-order valence-corrected chi connectivity index (χ4v) is 2.22. The highest BCUT2D eigenvalue weighted by atomic mass is 127. The van der Waals surface area contributed by atoms with Gasteiger partial charge in [0.15, 0.2) is 0 Å². The summed E-state index contributed by atoms with van der Waals surface area (Å²) in [4.78, 5) is 0. The minimum atomic E-state index is 0.573. The SMILES string of the molecule is CCCCCOc1cc(I)cc(OCC)c1Cl. The van der Waals surface area contributed by atoms with E-state index >= 15 is 0 Å². The first-order valence-electron chi connectivity index (χ1n) is 5.93. The van der Waals surface area contributed by atoms with Crippen molar-refractivity contribution in [2.45, 2.75) is 33.1 Å². The molecule has 0 aliphatic rings. The molecule has 0 spiro atoms. The molecule has 0 unspecified atom stereocenters. The van der Waals surface area contributed by atoms with E-state index in [-0.39, 0.29) is 0 Å². The minimum absolute atomic E-state index is 0.573. The second-order valence-electron chi connectivity index (χ2n) is 3.70. The molecule has 1 aromatic rings. The second-order valence-corrected chi connectivity index (χ2v) is 5.33. The lowest BCUT2D eigenvalue weighted by Crippen LogP contribution is -2.00. The molecule has 0 heterocycles. The highest BCUT2D eigenvalue weighted by Gasteiger charge is 2.10. The van der Waals surface area contributed by atoms with Gasteiger partial charge in [0.25, 0.3) is 0 Å². The van der Waals surface area contributed by atoms with Crippen LogP contribution in [0.4, 0.5) is 0 Å². The van der Waals surface area contributed by atoms with Crippen molar-refractivity contribution >= 4 is 34.2 Å². The molecule has 0 saturated carbocycles. The Labute approximate surface area is 122 Å². The van der Waals surface area contributed by atoms with Gasteiger partial charge in [-0.3, -0.25) is 0 Å². The Kier molecular flexibility index (Phi) is 7.04. The molecule has 4 heteroatoms. The number of unbranched alkanes of at least 4 members (excludes halogenated alkanes) is 2. The molecule has 17 heavy (non-hydrogen) atoms. The van der Waals surface area contributed by atoms with Crippen LogP contribution in [0.3, 0.4) is 0 Å². The molecular formula is C13H18ClIO2. The molecule has 0 aromatic heterocycles. The van der Waals surface area contributed by atoms with E-state index in [9.17, 15) is 0 Å². The second kappa shape index (κ2) is 8.03. The van der Waals surface area contributed by atoms with Gasteiger partial charge in [-0.1, -0.05) is 31.4 Å². The summed E-state index contributed by atoms with van der Waals surface area (Å²) in [6.07, 6.45) is 3.43. The highest BCUT2D eigenvalue weighted by Crippen LogP contribution is 2.36. The number of rotatable bonds is 7. The largest absolute Gasteiger partial charge is 0.492 e. The van der Waals surface area contributed by atoms with E-state index in [0.717, 1.165) is 15.7 Å². The molecular weight excluding hydrogens is 350 g/mol. The number of hydrogen-bond donors (Lipinski definition) is 0. The zero-order valence-corrected chi connectivity index (χ0v) is 13.2. The zero-order chi connectivity index (χ0) is 12.7. The van der Waals surface area contributed by atoms with Gasteiger partial charge in [-0.25, -0.2) is 0 Å². The molecule has 0 aliphatic carbocycles. The van der Waals surface area contributed by atoms with Crippen LogP contribution in [0.15, 0.2) is 12.1 Å². The van der Waals surface area contributed by atoms with Crippen molar-refractivity contribution in [3.05, 3.63) is 20.7 Å². The van der Waals surface area contributed by atoms with Gasteiger partial charge in [-0.05, 0) is 48.1 Å². The van der Waals surface area contributed by atoms with Gasteiger partial charge in [0, 0.05) is 3.57 Å². The lowest BCUT2D eigenvalue weighted by molar-refractivity contribution is 0.300. The van der Waals surface area contributed by atoms with Gasteiger partial charge in [0.05, 0.1) is 13.2 Å². The van der Waals surface area contributed by atoms with Crippen LogP contribution in [0.2, 0.25) is 5.02 Å². The highest BCUT2D eigenvalue weighted by molar-refractivity contribution is 14.1. The molecule has 0 radical (unpaired) electrons. The van der Waals surface area contributed by atoms with Gasteiger partial charge in [-0.2, -0.15) is 0 Å². The Hall–Kier alpha value is -0.160. The lowest BCUT2D eigenvalue weighted by Gasteiger charge is -2.12. The Morgan fingerprint density at radius 3 is 2.35 bits per heavy atom. The third-order valence-corrected chi connectivity index (χ3v) is 3.27. The van der Waals surface area contributed by atoms with E-state index in [0.29, 0.717) is 24.0 Å². The van der Waals surface area contributed by atoms with Crippen LogP contribution >= 0.6 is 34.2 Å². The maximum absolute atomic E-state index is 6.22. The molecule has 0 saturated heterocycles. The van der Waals surface area contributed by atoms with E-state index < -0.39 is 0 Å². The Balaban J connectivity index is 2.69. The topological polar surface area (TPSA) is 18.5 Å². The predicted octanol–water partition coefficient (Wildman–Crippen LogP) is 4.91. The fraction of sp³-hybridized carbons (Fsp3) is 0.538. The first kappa shape index (κ1) is 14.9. The monoisotopic (exact) mass is 368 g/mol. The smallest absolute Gasteiger partial charge is 0.142 e. The Morgan fingerprint density at radius 2 is 1.76 bits per heavy atom. The molecule has 0 N–H and O–H groups in total. The van der Waals surface area contributed by atoms with E-state index in [1.807, 2.05) is 19.1 Å². The van der Waals surface area contributed by atoms with Gasteiger partial charge in [0.1, 0.15) is 16.5 Å². The van der Waals surface area contributed by atoms with Crippen LogP contribution < -0.4 is 9.47 Å². The summed E-state index contributed by atoms with van der Waals surface area (Å²) < 4.78 is 12.2. The molecule has 1 rings (SSSR count). The van der Waals surface area contributed by atoms with Crippen LogP contribution in [0, 0.1) is 3.57 Å². The van der Waals surface area contributed by atoms with Gasteiger partial charge in [0.2, 0.25) is 0 Å². The van der Waals surface area contributed by atoms with Crippen LogP contribution in [0.5, 0.6) is 11.5 Å². The predicted molar refractivity (Wildman–Crippen MR) is 80.4 cm³/mol. The minimum Gasteiger partial charge on any atom is -0.492 e. The summed E-state index contributed by atoms with van der Waals surface area (Å²) in [5.41, 5.74) is 0. The third-order valence-electron chi connectivity index (χ3n) is 2.28. The molecule has 1 aromatic carbocycles. The van der Waals surface area contributed by atoms with Crippen LogP contribution in [0.1, 0.15) is 33.1 Å². The maximum Gasteiger partial charge on any atom is 0.142 e. The standard InChI is InChI=1S/C13H18ClIO2/c1-3-5-6-7-17-12-9-10(15)8-11(13(12)14)16-4-2/h8-9H,3-7H2,1-2H3. The summed E-state index contributed by atoms with van der Waals surface area (Å²) in [5, 5.41) is 0.573. The zero-order valence-electron chi connectivity index (χ0n) is 10.3. The van der Waals surface area contributed by atoms with Crippen molar-refractivity contribution < 1.29 is 9.47 Å². The fourth-order valence-electron chi connectivity index (χ4n) is 1.44. The molecule has 2 nitrogen and oxygen atoms in total. The van der Waals surface area contributed by atoms with Crippen molar-refractivity contribution in [1.29, 1.82) is 0 Å². The number of benzene rings is 1. The quantitative estimate of drug-likeness (QED) is 0.503. The van der Waals surface area contributed by atoms with E-state index in [1.54, 1.807) is 0 Å². The molecule has 0 atom stereocenters. The summed E-state index contributed by atoms with van der Waals surface area (Å²) >= 11 is 8.46. The van der Waals surface area contributed by atoms with Crippen molar-refractivity contribution in [2.24, 2.45) is 0 Å². The van der Waals surface area contributed by atoms with Crippen molar-refractivity contribution in [1.82, 2.24) is 0 Å². The van der Waals surface area contributed by atoms with Crippen LogP contribution in [0.25, 0.3) is 0 Å². The molecule has 96 valence electrons. The van der Waals surface area contributed by atoms with E-state index in [1.165, 1.54) is 12.8 Å². The van der Waals surface area contributed by atoms with E-state index in [2.05, 4.69) is 29.5 Å². The maximum atomic E-state index is 6.22. The first-order valence-corrected chi connectivity index (χ1v) is 7.39. The molecule has 0 fully saturated rings. The average Bonchev–Trinajstić information content (AvgIpc) is 2.30. The van der Waals surface area contributed by atoms with Gasteiger partial charge in [-0.15, -0.1) is 0 Å². The number of hydrogen-bond acceptors (Lipinski definition) is 2. The lowest BCUT2D eigenvalue weighted by atomic mass is 10.2. The average molecular weight is 369 g/mol. The number of halogens is 2. The van der Waals surface area contributed by atoms with Crippen LogP contribution in [-0.4, -0.2) is 13.2 Å². The first-order chi connectivity index (χ1) is 8.19. The van der Waals surface area contributed by atoms with Crippen molar-refractivity contribution in [2.75, 3.05) is 13.2 Å². The van der Waals surface area contributed by atoms with Gasteiger partial charge < -0.3 is 9.47 Å². The van der Waals surface area contributed by atoms with Crippen molar-refractivity contribution in [3.63, 3.8) is 0 Å². The third kappa shape index (κ3) is 4.92. The summed E-state index contributed by atoms with van der Waals surface area (Å²) in [6.45, 7) is 5.43.